The van der Waals surface area contributed by atoms with Crippen molar-refractivity contribution in [2.75, 3.05) is 5.32 Å². The molecule has 1 aliphatic rings. The molecule has 1 atom stereocenters. The van der Waals surface area contributed by atoms with Gasteiger partial charge in [-0.25, -0.2) is 4.68 Å². The summed E-state index contributed by atoms with van der Waals surface area (Å²) in [5.41, 5.74) is 6.69. The van der Waals surface area contributed by atoms with E-state index in [1.54, 1.807) is 0 Å². The van der Waals surface area contributed by atoms with Crippen LogP contribution >= 0.6 is 11.3 Å². The summed E-state index contributed by atoms with van der Waals surface area (Å²) < 4.78 is 1.09. The average molecular weight is 346 g/mol. The molecule has 0 fully saturated rings. The van der Waals surface area contributed by atoms with Gasteiger partial charge in [-0.2, -0.15) is 5.10 Å². The molecule has 8 heteroatoms. The molecule has 2 aromatic heterocycles. The summed E-state index contributed by atoms with van der Waals surface area (Å²) in [6.45, 7) is 2.17. The van der Waals surface area contributed by atoms with Gasteiger partial charge in [0.15, 0.2) is 0 Å². The maximum atomic E-state index is 12.4. The van der Waals surface area contributed by atoms with Crippen molar-refractivity contribution in [1.82, 2.24) is 9.78 Å². The summed E-state index contributed by atoms with van der Waals surface area (Å²) >= 11 is 1.40. The SMILES string of the molecule is C[C@H]1CCc2c(sc(NC(=O)c3ccc(=O)n(C)n3)c2C(N)=O)C1. The number of rotatable bonds is 3. The highest BCUT2D eigenvalue weighted by molar-refractivity contribution is 7.17. The van der Waals surface area contributed by atoms with Gasteiger partial charge in [0.1, 0.15) is 10.7 Å². The van der Waals surface area contributed by atoms with Crippen LogP contribution in [-0.4, -0.2) is 21.6 Å². The highest BCUT2D eigenvalue weighted by Crippen LogP contribution is 2.39. The minimum Gasteiger partial charge on any atom is -0.365 e. The topological polar surface area (TPSA) is 107 Å². The maximum Gasteiger partial charge on any atom is 0.276 e. The van der Waals surface area contributed by atoms with Crippen molar-refractivity contribution in [2.24, 2.45) is 18.7 Å². The summed E-state index contributed by atoms with van der Waals surface area (Å²) in [5.74, 6) is -0.462. The van der Waals surface area contributed by atoms with E-state index in [-0.39, 0.29) is 11.3 Å². The van der Waals surface area contributed by atoms with Gasteiger partial charge in [-0.05, 0) is 36.8 Å². The number of hydrogen-bond acceptors (Lipinski definition) is 5. The second-order valence-corrected chi connectivity index (χ2v) is 7.16. The molecule has 0 bridgehead atoms. The van der Waals surface area contributed by atoms with E-state index < -0.39 is 11.8 Å². The molecule has 0 saturated heterocycles. The third kappa shape index (κ3) is 2.96. The minimum atomic E-state index is -0.536. The van der Waals surface area contributed by atoms with Crippen LogP contribution in [0.2, 0.25) is 0 Å². The van der Waals surface area contributed by atoms with Gasteiger partial charge in [-0.3, -0.25) is 14.4 Å². The predicted molar refractivity (Wildman–Crippen MR) is 91.5 cm³/mol. The fourth-order valence-corrected chi connectivity index (χ4v) is 4.30. The van der Waals surface area contributed by atoms with E-state index in [0.29, 0.717) is 16.5 Å². The number of nitrogens with zero attached hydrogens (tertiary/aromatic N) is 2. The van der Waals surface area contributed by atoms with Gasteiger partial charge in [0.25, 0.3) is 17.4 Å². The van der Waals surface area contributed by atoms with E-state index in [1.807, 2.05) is 0 Å². The Morgan fingerprint density at radius 3 is 2.83 bits per heavy atom. The Bertz CT molecular complexity index is 884. The van der Waals surface area contributed by atoms with Gasteiger partial charge in [-0.1, -0.05) is 6.92 Å². The number of aromatic nitrogens is 2. The van der Waals surface area contributed by atoms with Crippen LogP contribution in [0.5, 0.6) is 0 Å². The Kier molecular flexibility index (Phi) is 4.23. The molecule has 2 heterocycles. The first kappa shape index (κ1) is 16.4. The fourth-order valence-electron chi connectivity index (χ4n) is 2.89. The van der Waals surface area contributed by atoms with Gasteiger partial charge < -0.3 is 11.1 Å². The van der Waals surface area contributed by atoms with Crippen molar-refractivity contribution in [3.8, 4) is 0 Å². The van der Waals surface area contributed by atoms with Gasteiger partial charge in [0.05, 0.1) is 5.56 Å². The number of anilines is 1. The molecule has 1 aliphatic carbocycles. The Morgan fingerprint density at radius 2 is 2.17 bits per heavy atom. The van der Waals surface area contributed by atoms with E-state index in [2.05, 4.69) is 17.3 Å². The smallest absolute Gasteiger partial charge is 0.276 e. The molecule has 2 aromatic rings. The molecule has 2 amide bonds. The molecular weight excluding hydrogens is 328 g/mol. The zero-order valence-electron chi connectivity index (χ0n) is 13.5. The number of thiophene rings is 1. The zero-order valence-corrected chi connectivity index (χ0v) is 14.3. The third-order valence-corrected chi connectivity index (χ3v) is 5.35. The number of carbonyl (C=O) groups is 2. The third-order valence-electron chi connectivity index (χ3n) is 4.18. The number of hydrogen-bond donors (Lipinski definition) is 2. The van der Waals surface area contributed by atoms with Crippen molar-refractivity contribution in [1.29, 1.82) is 0 Å². The number of amides is 2. The normalized spacial score (nSPS) is 16.5. The van der Waals surface area contributed by atoms with Crippen molar-refractivity contribution >= 4 is 28.2 Å². The van der Waals surface area contributed by atoms with Crippen LogP contribution in [0.3, 0.4) is 0 Å². The Labute approximate surface area is 142 Å². The molecule has 0 spiro atoms. The van der Waals surface area contributed by atoms with E-state index >= 15 is 0 Å². The number of primary amides is 1. The summed E-state index contributed by atoms with van der Waals surface area (Å²) in [7, 11) is 1.47. The first-order valence-corrected chi connectivity index (χ1v) is 8.48. The molecular formula is C16H18N4O3S. The maximum absolute atomic E-state index is 12.4. The van der Waals surface area contributed by atoms with Crippen LogP contribution in [-0.2, 0) is 19.9 Å². The van der Waals surface area contributed by atoms with Crippen molar-refractivity contribution in [3.63, 3.8) is 0 Å². The average Bonchev–Trinajstić information content (AvgIpc) is 2.86. The number of nitrogens with one attached hydrogen (secondary N) is 1. The van der Waals surface area contributed by atoms with Crippen molar-refractivity contribution < 1.29 is 9.59 Å². The van der Waals surface area contributed by atoms with Crippen LogP contribution < -0.4 is 16.6 Å². The molecule has 24 heavy (non-hydrogen) atoms. The molecule has 0 aliphatic heterocycles. The fraction of sp³-hybridized carbons (Fsp3) is 0.375. The molecule has 0 unspecified atom stereocenters. The summed E-state index contributed by atoms with van der Waals surface area (Å²) in [4.78, 5) is 36.7. The Hall–Kier alpha value is -2.48. The second kappa shape index (κ2) is 6.20. The van der Waals surface area contributed by atoms with Crippen LogP contribution in [0.4, 0.5) is 5.00 Å². The minimum absolute atomic E-state index is 0.104. The van der Waals surface area contributed by atoms with Crippen LogP contribution in [0.25, 0.3) is 0 Å². The Balaban J connectivity index is 1.94. The summed E-state index contributed by atoms with van der Waals surface area (Å²) in [6.07, 6.45) is 2.67. The largest absolute Gasteiger partial charge is 0.365 e. The molecule has 0 radical (unpaired) electrons. The van der Waals surface area contributed by atoms with Crippen LogP contribution in [0.15, 0.2) is 16.9 Å². The highest BCUT2D eigenvalue weighted by atomic mass is 32.1. The molecule has 126 valence electrons. The quantitative estimate of drug-likeness (QED) is 0.874. The number of fused-ring (bicyclic) bond motifs is 1. The monoisotopic (exact) mass is 346 g/mol. The predicted octanol–water partition coefficient (Wildman–Crippen LogP) is 1.32. The highest BCUT2D eigenvalue weighted by Gasteiger charge is 2.27. The Morgan fingerprint density at radius 1 is 1.42 bits per heavy atom. The lowest BCUT2D eigenvalue weighted by molar-refractivity contribution is 0.1000. The van der Waals surface area contributed by atoms with E-state index in [9.17, 15) is 14.4 Å². The lowest BCUT2D eigenvalue weighted by Crippen LogP contribution is -2.24. The summed E-state index contributed by atoms with van der Waals surface area (Å²) in [6, 6.07) is 2.63. The van der Waals surface area contributed by atoms with E-state index in [4.69, 9.17) is 5.73 Å². The van der Waals surface area contributed by atoms with Gasteiger partial charge in [-0.15, -0.1) is 11.3 Å². The van der Waals surface area contributed by atoms with Crippen LogP contribution in [0, 0.1) is 5.92 Å². The first-order valence-electron chi connectivity index (χ1n) is 7.67. The molecule has 0 saturated carbocycles. The molecule has 3 N–H and O–H groups in total. The molecule has 3 rings (SSSR count). The van der Waals surface area contributed by atoms with Gasteiger partial charge in [0, 0.05) is 18.0 Å². The number of nitrogens with two attached hydrogens (primary N) is 1. The lowest BCUT2D eigenvalue weighted by atomic mass is 9.88. The molecule has 0 aromatic carbocycles. The number of carbonyl (C=O) groups excluding carboxylic acids is 2. The second-order valence-electron chi connectivity index (χ2n) is 6.05. The van der Waals surface area contributed by atoms with Crippen molar-refractivity contribution in [2.45, 2.75) is 26.2 Å². The standard InChI is InChI=1S/C16H18N4O3S/c1-8-3-4-9-11(7-8)24-16(13(9)14(17)22)18-15(23)10-5-6-12(21)20(2)19-10/h5-6,8H,3-4,7H2,1-2H3,(H2,17,22)(H,18,23)/t8-/m0/s1. The summed E-state index contributed by atoms with van der Waals surface area (Å²) in [5, 5.41) is 7.11. The van der Waals surface area contributed by atoms with Crippen molar-refractivity contribution in [3.05, 3.63) is 44.2 Å². The first-order chi connectivity index (χ1) is 11.4. The van der Waals surface area contributed by atoms with Gasteiger partial charge in [0.2, 0.25) is 0 Å². The zero-order chi connectivity index (χ0) is 17.4. The van der Waals surface area contributed by atoms with Crippen LogP contribution in [0.1, 0.15) is 44.6 Å². The van der Waals surface area contributed by atoms with Gasteiger partial charge >= 0.3 is 0 Å². The number of aryl methyl sites for hydroxylation is 1. The van der Waals surface area contributed by atoms with E-state index in [0.717, 1.165) is 34.4 Å². The van der Waals surface area contributed by atoms with E-state index in [1.165, 1.54) is 30.5 Å². The lowest BCUT2D eigenvalue weighted by Gasteiger charge is -2.18. The molecule has 7 nitrogen and oxygen atoms in total.